The van der Waals surface area contributed by atoms with E-state index >= 15 is 0 Å². The number of thiol groups is 1. The number of rotatable bonds is 6. The number of amides is 1. The monoisotopic (exact) mass is 452 g/mol. The van der Waals surface area contributed by atoms with Crippen molar-refractivity contribution in [2.75, 3.05) is 11.9 Å². The number of hydrogen-bond donors (Lipinski definition) is 3. The zero-order chi connectivity index (χ0) is 21.3. The molecule has 1 unspecified atom stereocenters. The molecule has 1 aliphatic rings. The SMILES string of the molecule is O=C(Nc1ncnc2c1ncn2[C@@H]1O[C@H](CO)[C@@H](O[P+](=O)S)[C@H]1F)c1ccccc1. The molecule has 30 heavy (non-hydrogen) atoms. The zero-order valence-electron chi connectivity index (χ0n) is 15.2. The van der Waals surface area contributed by atoms with E-state index in [4.69, 9.17) is 9.26 Å². The topological polar surface area (TPSA) is 128 Å². The zero-order valence-corrected chi connectivity index (χ0v) is 17.0. The number of hydrogen-bond acceptors (Lipinski definition) is 8. The van der Waals surface area contributed by atoms with E-state index in [2.05, 4.69) is 32.5 Å². The minimum absolute atomic E-state index is 0.144. The van der Waals surface area contributed by atoms with Gasteiger partial charge >= 0.3 is 7.23 Å². The molecule has 0 radical (unpaired) electrons. The van der Waals surface area contributed by atoms with E-state index in [1.165, 1.54) is 17.2 Å². The molecule has 0 bridgehead atoms. The van der Waals surface area contributed by atoms with Gasteiger partial charge in [-0.1, -0.05) is 18.2 Å². The van der Waals surface area contributed by atoms with Gasteiger partial charge in [-0.3, -0.25) is 9.36 Å². The molecule has 1 fully saturated rings. The summed E-state index contributed by atoms with van der Waals surface area (Å²) in [4.78, 5) is 24.8. The lowest BCUT2D eigenvalue weighted by molar-refractivity contribution is -0.0427. The lowest BCUT2D eigenvalue weighted by Crippen LogP contribution is -2.31. The lowest BCUT2D eigenvalue weighted by atomic mass is 10.1. The summed E-state index contributed by atoms with van der Waals surface area (Å²) in [6.07, 6.45) is -2.86. The molecule has 13 heteroatoms. The number of fused-ring (bicyclic) bond motifs is 1. The molecule has 1 amide bonds. The van der Waals surface area contributed by atoms with Crippen molar-refractivity contribution in [1.82, 2.24) is 19.5 Å². The third-order valence-electron chi connectivity index (χ3n) is 4.56. The number of ether oxygens (including phenoxy) is 1. The minimum atomic E-state index is -2.40. The Morgan fingerprint density at radius 1 is 1.33 bits per heavy atom. The summed E-state index contributed by atoms with van der Waals surface area (Å²) in [6.45, 7) is -0.543. The maximum atomic E-state index is 15.0. The Morgan fingerprint density at radius 3 is 2.80 bits per heavy atom. The average molecular weight is 452 g/mol. The van der Waals surface area contributed by atoms with E-state index < -0.39 is 44.4 Å². The number of carbonyl (C=O) groups excluding carboxylic acids is 1. The molecule has 3 aromatic rings. The molecule has 5 atom stereocenters. The summed E-state index contributed by atoms with van der Waals surface area (Å²) in [5.41, 5.74) is 0.856. The molecular weight excluding hydrogens is 436 g/mol. The first-order valence-corrected chi connectivity index (χ1v) is 11.1. The molecule has 156 valence electrons. The fourth-order valence-electron chi connectivity index (χ4n) is 3.19. The average Bonchev–Trinajstić information content (AvgIpc) is 3.30. The number of carbonyl (C=O) groups is 1. The van der Waals surface area contributed by atoms with E-state index in [9.17, 15) is 18.9 Å². The van der Waals surface area contributed by atoms with E-state index in [-0.39, 0.29) is 17.0 Å². The van der Waals surface area contributed by atoms with E-state index in [1.54, 1.807) is 30.3 Å². The van der Waals surface area contributed by atoms with Crippen molar-refractivity contribution in [3.63, 3.8) is 0 Å². The van der Waals surface area contributed by atoms with Crippen LogP contribution in [0.25, 0.3) is 11.2 Å². The van der Waals surface area contributed by atoms with Crippen LogP contribution in [0.15, 0.2) is 43.0 Å². The van der Waals surface area contributed by atoms with Crippen LogP contribution >= 0.6 is 19.5 Å². The number of nitrogens with zero attached hydrogens (tertiary/aromatic N) is 4. The first-order valence-electron chi connectivity index (χ1n) is 8.77. The summed E-state index contributed by atoms with van der Waals surface area (Å²) in [6, 6.07) is 8.54. The molecule has 0 saturated carbocycles. The van der Waals surface area contributed by atoms with Gasteiger partial charge in [-0.2, -0.15) is 0 Å². The van der Waals surface area contributed by atoms with Gasteiger partial charge in [-0.05, 0) is 16.7 Å². The van der Waals surface area contributed by atoms with Gasteiger partial charge in [-0.15, -0.1) is 4.52 Å². The fourth-order valence-corrected chi connectivity index (χ4v) is 3.98. The van der Waals surface area contributed by atoms with Crippen molar-refractivity contribution in [1.29, 1.82) is 0 Å². The number of alkyl halides is 1. The number of anilines is 1. The summed E-state index contributed by atoms with van der Waals surface area (Å²) in [7, 11) is -2.40. The molecule has 3 heterocycles. The second-order valence-corrected chi connectivity index (χ2v) is 8.03. The van der Waals surface area contributed by atoms with Crippen molar-refractivity contribution in [3.05, 3.63) is 48.5 Å². The predicted octanol–water partition coefficient (Wildman–Crippen LogP) is 2.28. The number of aromatic nitrogens is 4. The van der Waals surface area contributed by atoms with Crippen LogP contribution in [0.3, 0.4) is 0 Å². The van der Waals surface area contributed by atoms with Crippen LogP contribution in [0.5, 0.6) is 0 Å². The van der Waals surface area contributed by atoms with Crippen molar-refractivity contribution < 1.29 is 28.1 Å². The third-order valence-corrected chi connectivity index (χ3v) is 5.27. The Hall–Kier alpha value is -2.50. The van der Waals surface area contributed by atoms with Gasteiger partial charge in [0.15, 0.2) is 35.5 Å². The molecule has 10 nitrogen and oxygen atoms in total. The molecule has 1 aromatic carbocycles. The van der Waals surface area contributed by atoms with Crippen LogP contribution in [-0.2, 0) is 13.8 Å². The van der Waals surface area contributed by atoms with Crippen LogP contribution in [0.1, 0.15) is 16.6 Å². The fraction of sp³-hybridized carbons (Fsp3) is 0.294. The van der Waals surface area contributed by atoms with Crippen molar-refractivity contribution in [2.24, 2.45) is 0 Å². The first-order chi connectivity index (χ1) is 14.5. The quantitative estimate of drug-likeness (QED) is 0.384. The van der Waals surface area contributed by atoms with E-state index in [0.717, 1.165) is 0 Å². The molecular formula is C17H16FN5O5PS+. The third kappa shape index (κ3) is 3.92. The Balaban J connectivity index is 1.63. The maximum absolute atomic E-state index is 15.0. The molecule has 2 N–H and O–H groups in total. The Labute approximate surface area is 175 Å². The number of aliphatic hydroxyl groups is 1. The van der Waals surface area contributed by atoms with Crippen LogP contribution < -0.4 is 5.32 Å². The highest BCUT2D eigenvalue weighted by Gasteiger charge is 2.51. The molecule has 2 aromatic heterocycles. The predicted molar refractivity (Wildman–Crippen MR) is 107 cm³/mol. The second-order valence-electron chi connectivity index (χ2n) is 6.37. The Morgan fingerprint density at radius 2 is 2.10 bits per heavy atom. The van der Waals surface area contributed by atoms with Gasteiger partial charge in [0, 0.05) is 5.56 Å². The normalized spacial score (nSPS) is 24.2. The number of aliphatic hydroxyl groups excluding tert-OH is 1. The minimum Gasteiger partial charge on any atom is -0.394 e. The summed E-state index contributed by atoms with van der Waals surface area (Å²) in [5.74, 6) is -0.247. The highest BCUT2D eigenvalue weighted by atomic mass is 32.7. The Kier molecular flexibility index (Phi) is 6.02. The second kappa shape index (κ2) is 8.70. The maximum Gasteiger partial charge on any atom is 0.582 e. The van der Waals surface area contributed by atoms with Crippen LogP contribution in [0.4, 0.5) is 10.2 Å². The van der Waals surface area contributed by atoms with Gasteiger partial charge in [0.2, 0.25) is 0 Å². The van der Waals surface area contributed by atoms with Crippen LogP contribution in [0, 0.1) is 0 Å². The summed E-state index contributed by atoms with van der Waals surface area (Å²) < 4.78 is 38.1. The van der Waals surface area contributed by atoms with E-state index in [0.29, 0.717) is 5.56 Å². The van der Waals surface area contributed by atoms with Gasteiger partial charge < -0.3 is 15.2 Å². The number of nitrogens with one attached hydrogen (secondary N) is 1. The van der Waals surface area contributed by atoms with Crippen molar-refractivity contribution in [2.45, 2.75) is 24.6 Å². The lowest BCUT2D eigenvalue weighted by Gasteiger charge is -2.15. The Bertz CT molecular complexity index is 1090. The standard InChI is InChI=1S/C17H15FN5O5PS/c18-11-13(28-29(26)30)10(6-24)27-17(11)23-8-21-12-14(19-7-20-15(12)23)22-16(25)9-4-2-1-3-5-9/h1-5,7-8,10-11,13,17,24H,6H2,(H-,19,20,22,25,26,30)/p+1/t10-,11-,13-,17-/m1/s1. The highest BCUT2D eigenvalue weighted by Crippen LogP contribution is 2.41. The first kappa shape index (κ1) is 20.8. The van der Waals surface area contributed by atoms with Gasteiger partial charge in [-0.25, -0.2) is 19.3 Å². The van der Waals surface area contributed by atoms with Gasteiger partial charge in [0.1, 0.15) is 24.7 Å². The van der Waals surface area contributed by atoms with Gasteiger partial charge in [0.05, 0.1) is 12.9 Å². The van der Waals surface area contributed by atoms with Crippen molar-refractivity contribution in [3.8, 4) is 0 Å². The largest absolute Gasteiger partial charge is 0.582 e. The smallest absolute Gasteiger partial charge is 0.394 e. The van der Waals surface area contributed by atoms with Crippen LogP contribution in [-0.4, -0.2) is 55.5 Å². The molecule has 4 rings (SSSR count). The molecule has 1 aliphatic heterocycles. The number of halogens is 1. The van der Waals surface area contributed by atoms with Crippen molar-refractivity contribution >= 4 is 42.4 Å². The summed E-state index contributed by atoms with van der Waals surface area (Å²) >= 11 is 3.64. The number of benzene rings is 1. The molecule has 0 spiro atoms. The molecule has 0 aliphatic carbocycles. The number of imidazole rings is 1. The summed E-state index contributed by atoms with van der Waals surface area (Å²) in [5, 5.41) is 12.1. The van der Waals surface area contributed by atoms with Crippen LogP contribution in [0.2, 0.25) is 0 Å². The van der Waals surface area contributed by atoms with E-state index in [1.807, 2.05) is 0 Å². The highest BCUT2D eigenvalue weighted by molar-refractivity contribution is 8.39. The van der Waals surface area contributed by atoms with Gasteiger partial charge in [0.25, 0.3) is 5.91 Å². The molecule has 1 saturated heterocycles.